The fourth-order valence-corrected chi connectivity index (χ4v) is 7.37. The second-order valence-corrected chi connectivity index (χ2v) is 12.8. The molecule has 6 heteroatoms. The standard InChI is InChI=1S/C45H25N3O3/c1-2-10-26(11-3-1)43-46-44(27-20-22-38-34(24-27)30-13-5-6-17-36(30)49-38)48-45(47-43)28-21-23-39-35(25-28)41-31(14-9-19-40(41)50-39)33-16-8-15-32-29-12-4-7-18-37(29)51-42(32)33/h1-25H. The lowest BCUT2D eigenvalue weighted by molar-refractivity contribution is 0.668. The third-order valence-corrected chi connectivity index (χ3v) is 9.75. The van der Waals surface area contributed by atoms with Crippen LogP contribution in [0.4, 0.5) is 0 Å². The van der Waals surface area contributed by atoms with Crippen LogP contribution in [0.25, 0.3) is 111 Å². The summed E-state index contributed by atoms with van der Waals surface area (Å²) in [4.78, 5) is 15.1. The van der Waals surface area contributed by atoms with Crippen LogP contribution >= 0.6 is 0 Å². The topological polar surface area (TPSA) is 78.1 Å². The van der Waals surface area contributed by atoms with Gasteiger partial charge in [-0.05, 0) is 60.2 Å². The molecule has 4 heterocycles. The number of hydrogen-bond donors (Lipinski definition) is 0. The molecule has 6 nitrogen and oxygen atoms in total. The van der Waals surface area contributed by atoms with Crippen LogP contribution < -0.4 is 0 Å². The van der Waals surface area contributed by atoms with E-state index in [1.807, 2.05) is 103 Å². The summed E-state index contributed by atoms with van der Waals surface area (Å²) >= 11 is 0. The Morgan fingerprint density at radius 2 is 0.824 bits per heavy atom. The van der Waals surface area contributed by atoms with E-state index in [1.165, 1.54) is 0 Å². The largest absolute Gasteiger partial charge is 0.456 e. The summed E-state index contributed by atoms with van der Waals surface area (Å²) in [6.07, 6.45) is 0. The fourth-order valence-electron chi connectivity index (χ4n) is 7.37. The van der Waals surface area contributed by atoms with Gasteiger partial charge in [-0.15, -0.1) is 0 Å². The molecule has 0 amide bonds. The van der Waals surface area contributed by atoms with Gasteiger partial charge in [0.05, 0.1) is 0 Å². The lowest BCUT2D eigenvalue weighted by atomic mass is 9.97. The number of para-hydroxylation sites is 3. The Morgan fingerprint density at radius 1 is 0.314 bits per heavy atom. The van der Waals surface area contributed by atoms with E-state index in [4.69, 9.17) is 28.2 Å². The van der Waals surface area contributed by atoms with Gasteiger partial charge in [0, 0.05) is 54.6 Å². The van der Waals surface area contributed by atoms with E-state index >= 15 is 0 Å². The number of hydrogen-bond acceptors (Lipinski definition) is 6. The van der Waals surface area contributed by atoms with Crippen LogP contribution in [0.5, 0.6) is 0 Å². The minimum absolute atomic E-state index is 0.573. The van der Waals surface area contributed by atoms with Crippen molar-refractivity contribution in [2.75, 3.05) is 0 Å². The van der Waals surface area contributed by atoms with E-state index < -0.39 is 0 Å². The molecule has 0 bridgehead atoms. The van der Waals surface area contributed by atoms with Gasteiger partial charge in [0.25, 0.3) is 0 Å². The maximum absolute atomic E-state index is 6.46. The third kappa shape index (κ3) is 4.33. The molecular weight excluding hydrogens is 631 g/mol. The minimum atomic E-state index is 0.573. The first-order valence-electron chi connectivity index (χ1n) is 16.8. The maximum Gasteiger partial charge on any atom is 0.164 e. The Morgan fingerprint density at radius 3 is 1.59 bits per heavy atom. The minimum Gasteiger partial charge on any atom is -0.456 e. The normalized spacial score (nSPS) is 11.9. The average Bonchev–Trinajstić information content (AvgIpc) is 3.89. The zero-order valence-corrected chi connectivity index (χ0v) is 27.0. The zero-order valence-electron chi connectivity index (χ0n) is 27.0. The summed E-state index contributed by atoms with van der Waals surface area (Å²) in [5.41, 5.74) is 9.68. The molecule has 7 aromatic carbocycles. The van der Waals surface area contributed by atoms with E-state index in [-0.39, 0.29) is 0 Å². The molecule has 11 aromatic rings. The Hall–Kier alpha value is -7.05. The highest BCUT2D eigenvalue weighted by Gasteiger charge is 2.20. The number of nitrogens with zero attached hydrogens (tertiary/aromatic N) is 3. The van der Waals surface area contributed by atoms with Crippen LogP contribution in [-0.2, 0) is 0 Å². The Labute approximate surface area is 290 Å². The first-order valence-corrected chi connectivity index (χ1v) is 16.8. The molecule has 0 atom stereocenters. The highest BCUT2D eigenvalue weighted by atomic mass is 16.3. The third-order valence-electron chi connectivity index (χ3n) is 9.75. The molecule has 0 unspecified atom stereocenters. The molecular formula is C45H25N3O3. The van der Waals surface area contributed by atoms with Gasteiger partial charge in [-0.2, -0.15) is 0 Å². The second kappa shape index (κ2) is 10.7. The van der Waals surface area contributed by atoms with Crippen molar-refractivity contribution in [2.45, 2.75) is 0 Å². The van der Waals surface area contributed by atoms with Crippen LogP contribution in [0.15, 0.2) is 165 Å². The van der Waals surface area contributed by atoms with Gasteiger partial charge in [0.15, 0.2) is 17.5 Å². The van der Waals surface area contributed by atoms with Gasteiger partial charge in [-0.1, -0.05) is 97.1 Å². The zero-order chi connectivity index (χ0) is 33.5. The average molecular weight is 656 g/mol. The summed E-state index contributed by atoms with van der Waals surface area (Å²) in [6.45, 7) is 0. The fraction of sp³-hybridized carbons (Fsp3) is 0. The molecule has 0 aliphatic heterocycles. The smallest absolute Gasteiger partial charge is 0.164 e. The van der Waals surface area contributed by atoms with Crippen molar-refractivity contribution >= 4 is 65.8 Å². The van der Waals surface area contributed by atoms with E-state index in [0.29, 0.717) is 17.5 Å². The van der Waals surface area contributed by atoms with Gasteiger partial charge in [0.1, 0.15) is 33.5 Å². The van der Waals surface area contributed by atoms with Crippen LogP contribution in [0.2, 0.25) is 0 Å². The van der Waals surface area contributed by atoms with E-state index in [9.17, 15) is 0 Å². The first-order chi connectivity index (χ1) is 25.2. The van der Waals surface area contributed by atoms with E-state index in [1.54, 1.807) is 0 Å². The van der Waals surface area contributed by atoms with Gasteiger partial charge < -0.3 is 13.3 Å². The summed E-state index contributed by atoms with van der Waals surface area (Å²) < 4.78 is 19.0. The lowest BCUT2D eigenvalue weighted by Gasteiger charge is -2.09. The first kappa shape index (κ1) is 27.9. The Kier molecular flexibility index (Phi) is 5.86. The van der Waals surface area contributed by atoms with Crippen molar-refractivity contribution in [1.82, 2.24) is 15.0 Å². The molecule has 238 valence electrons. The van der Waals surface area contributed by atoms with E-state index in [2.05, 4.69) is 48.5 Å². The molecule has 0 aliphatic carbocycles. The summed E-state index contributed by atoms with van der Waals surface area (Å²) in [7, 11) is 0. The molecule has 0 aliphatic rings. The van der Waals surface area contributed by atoms with Crippen molar-refractivity contribution < 1.29 is 13.3 Å². The molecule has 0 N–H and O–H groups in total. The van der Waals surface area contributed by atoms with Crippen molar-refractivity contribution in [1.29, 1.82) is 0 Å². The Balaban J connectivity index is 1.12. The number of rotatable bonds is 4. The molecule has 0 saturated heterocycles. The van der Waals surface area contributed by atoms with Crippen molar-refractivity contribution in [3.8, 4) is 45.3 Å². The highest BCUT2D eigenvalue weighted by Crippen LogP contribution is 2.42. The number of benzene rings is 7. The van der Waals surface area contributed by atoms with Gasteiger partial charge in [-0.25, -0.2) is 15.0 Å². The SMILES string of the molecule is c1ccc(-c2nc(-c3ccc4oc5ccccc5c4c3)nc(-c3ccc4oc5cccc(-c6cccc7c6oc6ccccc67)c5c4c3)n2)cc1. The highest BCUT2D eigenvalue weighted by molar-refractivity contribution is 6.17. The van der Waals surface area contributed by atoms with Crippen LogP contribution in [0, 0.1) is 0 Å². The quantitative estimate of drug-likeness (QED) is 0.188. The monoisotopic (exact) mass is 655 g/mol. The molecule has 0 radical (unpaired) electrons. The molecule has 0 spiro atoms. The summed E-state index contributed by atoms with van der Waals surface area (Å²) in [6, 6.07) is 51.0. The van der Waals surface area contributed by atoms with Crippen LogP contribution in [0.1, 0.15) is 0 Å². The number of fused-ring (bicyclic) bond motifs is 9. The van der Waals surface area contributed by atoms with E-state index in [0.717, 1.165) is 93.6 Å². The van der Waals surface area contributed by atoms with Crippen LogP contribution in [0.3, 0.4) is 0 Å². The van der Waals surface area contributed by atoms with Crippen molar-refractivity contribution in [3.63, 3.8) is 0 Å². The second-order valence-electron chi connectivity index (χ2n) is 12.8. The van der Waals surface area contributed by atoms with Crippen molar-refractivity contribution in [2.24, 2.45) is 0 Å². The maximum atomic E-state index is 6.46. The summed E-state index contributed by atoms with van der Waals surface area (Å²) in [5, 5.41) is 6.24. The van der Waals surface area contributed by atoms with Gasteiger partial charge >= 0.3 is 0 Å². The van der Waals surface area contributed by atoms with Gasteiger partial charge in [-0.3, -0.25) is 0 Å². The predicted molar refractivity (Wildman–Crippen MR) is 203 cm³/mol. The van der Waals surface area contributed by atoms with Crippen molar-refractivity contribution in [3.05, 3.63) is 152 Å². The Bertz CT molecular complexity index is 3150. The molecule has 4 aromatic heterocycles. The van der Waals surface area contributed by atoms with Gasteiger partial charge in [0.2, 0.25) is 0 Å². The number of furan rings is 3. The predicted octanol–water partition coefficient (Wildman–Crippen LogP) is 12.2. The van der Waals surface area contributed by atoms with Crippen LogP contribution in [-0.4, -0.2) is 15.0 Å². The molecule has 0 fully saturated rings. The molecule has 0 saturated carbocycles. The summed E-state index contributed by atoms with van der Waals surface area (Å²) in [5.74, 6) is 1.76. The molecule has 11 rings (SSSR count). The molecule has 51 heavy (non-hydrogen) atoms. The number of aromatic nitrogens is 3. The lowest BCUT2D eigenvalue weighted by Crippen LogP contribution is -2.00.